The van der Waals surface area contributed by atoms with Crippen LogP contribution in [0.2, 0.25) is 0 Å². The Labute approximate surface area is 122 Å². The minimum Gasteiger partial charge on any atom is -0.319 e. The van der Waals surface area contributed by atoms with Crippen LogP contribution in [0.5, 0.6) is 0 Å². The van der Waals surface area contributed by atoms with Gasteiger partial charge in [0.2, 0.25) is 0 Å². The number of benzene rings is 2. The molecule has 0 aliphatic heterocycles. The van der Waals surface area contributed by atoms with E-state index in [0.717, 1.165) is 16.9 Å². The van der Waals surface area contributed by atoms with Crippen LogP contribution in [0.1, 0.15) is 22.9 Å². The summed E-state index contributed by atoms with van der Waals surface area (Å²) in [5.41, 5.74) is 9.61. The van der Waals surface area contributed by atoms with E-state index in [2.05, 4.69) is 5.10 Å². The van der Waals surface area contributed by atoms with Crippen molar-refractivity contribution in [3.05, 3.63) is 83.4 Å². The molecule has 3 rings (SSSR count). The van der Waals surface area contributed by atoms with E-state index in [4.69, 9.17) is 5.73 Å². The molecule has 0 saturated carbocycles. The number of nitrogens with two attached hydrogens (primary N) is 1. The van der Waals surface area contributed by atoms with Gasteiger partial charge in [0, 0.05) is 6.20 Å². The van der Waals surface area contributed by atoms with Gasteiger partial charge in [0.1, 0.15) is 5.82 Å². The van der Waals surface area contributed by atoms with Crippen LogP contribution in [0.25, 0.3) is 5.69 Å². The van der Waals surface area contributed by atoms with Crippen molar-refractivity contribution in [1.29, 1.82) is 0 Å². The number of para-hydroxylation sites is 1. The third kappa shape index (κ3) is 2.58. The minimum atomic E-state index is -0.355. The zero-order chi connectivity index (χ0) is 14.8. The van der Waals surface area contributed by atoms with Gasteiger partial charge < -0.3 is 5.73 Å². The topological polar surface area (TPSA) is 43.8 Å². The number of aromatic nitrogens is 2. The maximum absolute atomic E-state index is 13.4. The molecule has 2 N–H and O–H groups in total. The van der Waals surface area contributed by atoms with Crippen molar-refractivity contribution in [2.24, 2.45) is 5.73 Å². The average Bonchev–Trinajstić information content (AvgIpc) is 2.99. The van der Waals surface area contributed by atoms with Crippen molar-refractivity contribution in [3.8, 4) is 5.69 Å². The number of rotatable bonds is 3. The summed E-state index contributed by atoms with van der Waals surface area (Å²) in [6.07, 6.45) is 1.72. The number of aryl methyl sites for hydroxylation is 1. The van der Waals surface area contributed by atoms with Crippen LogP contribution in [-0.4, -0.2) is 9.78 Å². The van der Waals surface area contributed by atoms with Crippen LogP contribution in [0.4, 0.5) is 4.39 Å². The van der Waals surface area contributed by atoms with E-state index in [0.29, 0.717) is 5.56 Å². The highest BCUT2D eigenvalue weighted by Crippen LogP contribution is 2.23. The molecule has 1 unspecified atom stereocenters. The Kier molecular flexibility index (Phi) is 3.54. The van der Waals surface area contributed by atoms with Crippen molar-refractivity contribution >= 4 is 0 Å². The highest BCUT2D eigenvalue weighted by atomic mass is 19.1. The third-order valence-electron chi connectivity index (χ3n) is 3.53. The fraction of sp³-hybridized carbons (Fsp3) is 0.118. The molecular formula is C17H16FN3. The number of nitrogens with zero attached hydrogens (tertiary/aromatic N) is 2. The van der Waals surface area contributed by atoms with Gasteiger partial charge in [0.25, 0.3) is 0 Å². The molecule has 0 radical (unpaired) electrons. The largest absolute Gasteiger partial charge is 0.319 e. The van der Waals surface area contributed by atoms with E-state index in [-0.39, 0.29) is 11.9 Å². The van der Waals surface area contributed by atoms with Crippen LogP contribution < -0.4 is 5.73 Å². The second-order valence-electron chi connectivity index (χ2n) is 4.99. The summed E-state index contributed by atoms with van der Waals surface area (Å²) in [6, 6.07) is 16.3. The first-order chi connectivity index (χ1) is 10.2. The summed E-state index contributed by atoms with van der Waals surface area (Å²) in [7, 11) is 0. The molecule has 0 fully saturated rings. The molecule has 0 saturated heterocycles. The molecule has 21 heavy (non-hydrogen) atoms. The van der Waals surface area contributed by atoms with E-state index in [1.165, 1.54) is 6.07 Å². The zero-order valence-corrected chi connectivity index (χ0v) is 11.7. The molecule has 0 aliphatic rings. The van der Waals surface area contributed by atoms with Crippen molar-refractivity contribution < 1.29 is 4.39 Å². The fourth-order valence-electron chi connectivity index (χ4n) is 2.37. The minimum absolute atomic E-state index is 0.220. The van der Waals surface area contributed by atoms with Crippen LogP contribution >= 0.6 is 0 Å². The maximum atomic E-state index is 13.4. The highest BCUT2D eigenvalue weighted by Gasteiger charge is 2.15. The predicted molar refractivity (Wildman–Crippen MR) is 80.7 cm³/mol. The lowest BCUT2D eigenvalue weighted by atomic mass is 10.0. The Hall–Kier alpha value is -2.46. The first kappa shape index (κ1) is 13.5. The SMILES string of the molecule is Cc1cc(C(N)c2ccnn2-c2ccccc2)ccc1F. The van der Waals surface area contributed by atoms with Gasteiger partial charge in [0.15, 0.2) is 0 Å². The predicted octanol–water partition coefficient (Wildman–Crippen LogP) is 3.37. The first-order valence-electron chi connectivity index (χ1n) is 6.78. The summed E-state index contributed by atoms with van der Waals surface area (Å²) in [5, 5.41) is 4.34. The summed E-state index contributed by atoms with van der Waals surface area (Å²) in [5.74, 6) is -0.220. The van der Waals surface area contributed by atoms with E-state index < -0.39 is 0 Å². The quantitative estimate of drug-likeness (QED) is 0.800. The molecule has 4 heteroatoms. The van der Waals surface area contributed by atoms with Gasteiger partial charge >= 0.3 is 0 Å². The second kappa shape index (κ2) is 5.50. The lowest BCUT2D eigenvalue weighted by molar-refractivity contribution is 0.616. The van der Waals surface area contributed by atoms with Gasteiger partial charge in [-0.1, -0.05) is 30.3 Å². The van der Waals surface area contributed by atoms with Gasteiger partial charge in [-0.05, 0) is 42.3 Å². The van der Waals surface area contributed by atoms with Crippen LogP contribution in [0.3, 0.4) is 0 Å². The smallest absolute Gasteiger partial charge is 0.126 e. The molecule has 1 heterocycles. The van der Waals surface area contributed by atoms with Crippen LogP contribution in [0, 0.1) is 12.7 Å². The third-order valence-corrected chi connectivity index (χ3v) is 3.53. The molecule has 0 amide bonds. The van der Waals surface area contributed by atoms with Gasteiger partial charge in [-0.3, -0.25) is 0 Å². The highest BCUT2D eigenvalue weighted by molar-refractivity contribution is 5.37. The van der Waals surface area contributed by atoms with E-state index in [1.807, 2.05) is 41.1 Å². The van der Waals surface area contributed by atoms with Crippen molar-refractivity contribution in [2.45, 2.75) is 13.0 Å². The molecule has 1 atom stereocenters. The maximum Gasteiger partial charge on any atom is 0.126 e. The Balaban J connectivity index is 2.01. The summed E-state index contributed by atoms with van der Waals surface area (Å²) in [6.45, 7) is 1.74. The molecular weight excluding hydrogens is 265 g/mol. The molecule has 3 nitrogen and oxygen atoms in total. The average molecular weight is 281 g/mol. The normalized spacial score (nSPS) is 12.3. The molecule has 0 bridgehead atoms. The van der Waals surface area contributed by atoms with E-state index in [1.54, 1.807) is 25.3 Å². The Morgan fingerprint density at radius 2 is 1.86 bits per heavy atom. The van der Waals surface area contributed by atoms with Gasteiger partial charge in [-0.25, -0.2) is 9.07 Å². The monoisotopic (exact) mass is 281 g/mol. The summed E-state index contributed by atoms with van der Waals surface area (Å²) >= 11 is 0. The first-order valence-corrected chi connectivity index (χ1v) is 6.78. The fourth-order valence-corrected chi connectivity index (χ4v) is 2.37. The summed E-state index contributed by atoms with van der Waals surface area (Å²) < 4.78 is 15.2. The standard InChI is InChI=1S/C17H16FN3/c1-12-11-13(7-8-15(12)18)17(19)16-9-10-20-21(16)14-5-3-2-4-6-14/h2-11,17H,19H2,1H3. The molecule has 0 spiro atoms. The van der Waals surface area contributed by atoms with Crippen molar-refractivity contribution in [2.75, 3.05) is 0 Å². The van der Waals surface area contributed by atoms with Crippen molar-refractivity contribution in [1.82, 2.24) is 9.78 Å². The Bertz CT molecular complexity index is 750. The lowest BCUT2D eigenvalue weighted by Crippen LogP contribution is -2.17. The van der Waals surface area contributed by atoms with Crippen LogP contribution in [-0.2, 0) is 0 Å². The van der Waals surface area contributed by atoms with E-state index >= 15 is 0 Å². The zero-order valence-electron chi connectivity index (χ0n) is 11.7. The molecule has 1 aromatic heterocycles. The lowest BCUT2D eigenvalue weighted by Gasteiger charge is -2.15. The molecule has 0 aliphatic carbocycles. The molecule has 2 aromatic carbocycles. The molecule has 106 valence electrons. The Morgan fingerprint density at radius 3 is 2.57 bits per heavy atom. The number of hydrogen-bond donors (Lipinski definition) is 1. The van der Waals surface area contributed by atoms with Gasteiger partial charge in [0.05, 0.1) is 17.4 Å². The number of halogens is 1. The van der Waals surface area contributed by atoms with Crippen LogP contribution in [0.15, 0.2) is 60.8 Å². The second-order valence-corrected chi connectivity index (χ2v) is 4.99. The summed E-state index contributed by atoms with van der Waals surface area (Å²) in [4.78, 5) is 0. The Morgan fingerprint density at radius 1 is 1.10 bits per heavy atom. The number of hydrogen-bond acceptors (Lipinski definition) is 2. The van der Waals surface area contributed by atoms with Gasteiger partial charge in [-0.15, -0.1) is 0 Å². The van der Waals surface area contributed by atoms with Gasteiger partial charge in [-0.2, -0.15) is 5.10 Å². The van der Waals surface area contributed by atoms with Crippen molar-refractivity contribution in [3.63, 3.8) is 0 Å². The van der Waals surface area contributed by atoms with E-state index in [9.17, 15) is 4.39 Å². The molecule has 3 aromatic rings.